The van der Waals surface area contributed by atoms with Gasteiger partial charge < -0.3 is 9.47 Å². The maximum atomic E-state index is 12.7. The van der Waals surface area contributed by atoms with Gasteiger partial charge in [-0.3, -0.25) is 9.78 Å². The van der Waals surface area contributed by atoms with Crippen LogP contribution in [0.25, 0.3) is 11.5 Å². The maximum Gasteiger partial charge on any atom is 0.272 e. The average Bonchev–Trinajstić information content (AvgIpc) is 3.14. The van der Waals surface area contributed by atoms with E-state index in [1.54, 1.807) is 18.5 Å². The van der Waals surface area contributed by atoms with Crippen LogP contribution in [0.15, 0.2) is 43.0 Å². The lowest BCUT2D eigenvalue weighted by Gasteiger charge is -2.31. The highest BCUT2D eigenvalue weighted by Crippen LogP contribution is 2.23. The largest absolute Gasteiger partial charge is 0.337 e. The molecule has 3 aromatic rings. The molecule has 28 heavy (non-hydrogen) atoms. The van der Waals surface area contributed by atoms with Gasteiger partial charge in [0.1, 0.15) is 11.4 Å². The van der Waals surface area contributed by atoms with Crippen LogP contribution in [0.2, 0.25) is 0 Å². The lowest BCUT2D eigenvalue weighted by molar-refractivity contribution is 0.0684. The minimum Gasteiger partial charge on any atom is -0.337 e. The van der Waals surface area contributed by atoms with Gasteiger partial charge in [-0.05, 0) is 44.2 Å². The molecule has 0 aromatic carbocycles. The summed E-state index contributed by atoms with van der Waals surface area (Å²) in [5, 5.41) is 0. The molecule has 1 fully saturated rings. The minimum absolute atomic E-state index is 0.0266. The van der Waals surface area contributed by atoms with Crippen LogP contribution >= 0.6 is 0 Å². The van der Waals surface area contributed by atoms with Crippen LogP contribution in [-0.2, 0) is 13.5 Å². The molecule has 0 unspecified atom stereocenters. The first kappa shape index (κ1) is 18.3. The monoisotopic (exact) mass is 376 g/mol. The normalized spacial score (nSPS) is 15.0. The van der Waals surface area contributed by atoms with Crippen molar-refractivity contribution in [3.05, 3.63) is 60.1 Å². The Morgan fingerprint density at radius 3 is 2.71 bits per heavy atom. The van der Waals surface area contributed by atoms with E-state index in [-0.39, 0.29) is 5.91 Å². The van der Waals surface area contributed by atoms with Crippen LogP contribution in [0.4, 0.5) is 0 Å². The third-order valence-corrected chi connectivity index (χ3v) is 5.24. The number of nitrogens with zero attached hydrogens (tertiary/aromatic N) is 6. The molecule has 1 aliphatic rings. The van der Waals surface area contributed by atoms with Gasteiger partial charge in [0, 0.05) is 44.4 Å². The molecule has 4 rings (SSSR count). The molecule has 1 aliphatic heterocycles. The number of rotatable bonds is 4. The SMILES string of the molecule is Cc1cccc(C(=O)N2CCC(Cc3cncc(-c4nccn4C)n3)CC2)n1. The van der Waals surface area contributed by atoms with Crippen LogP contribution in [0.3, 0.4) is 0 Å². The fourth-order valence-electron chi connectivity index (χ4n) is 3.68. The molecule has 0 bridgehead atoms. The molecule has 0 spiro atoms. The molecular weight excluding hydrogens is 352 g/mol. The highest BCUT2D eigenvalue weighted by Gasteiger charge is 2.25. The van der Waals surface area contributed by atoms with E-state index in [9.17, 15) is 4.79 Å². The number of hydrogen-bond donors (Lipinski definition) is 0. The van der Waals surface area contributed by atoms with Crippen molar-refractivity contribution in [2.75, 3.05) is 13.1 Å². The number of aryl methyl sites for hydroxylation is 2. The van der Waals surface area contributed by atoms with Crippen molar-refractivity contribution in [3.63, 3.8) is 0 Å². The molecule has 144 valence electrons. The Morgan fingerprint density at radius 1 is 1.18 bits per heavy atom. The van der Waals surface area contributed by atoms with Gasteiger partial charge in [-0.2, -0.15) is 0 Å². The van der Waals surface area contributed by atoms with Gasteiger partial charge in [-0.25, -0.2) is 15.0 Å². The van der Waals surface area contributed by atoms with E-state index in [1.165, 1.54) is 0 Å². The van der Waals surface area contributed by atoms with Gasteiger partial charge in [-0.1, -0.05) is 6.07 Å². The van der Waals surface area contributed by atoms with Crippen LogP contribution in [0.5, 0.6) is 0 Å². The van der Waals surface area contributed by atoms with Gasteiger partial charge in [-0.15, -0.1) is 0 Å². The molecule has 0 radical (unpaired) electrons. The van der Waals surface area contributed by atoms with Gasteiger partial charge in [0.15, 0.2) is 5.82 Å². The predicted molar refractivity (Wildman–Crippen MR) is 106 cm³/mol. The second kappa shape index (κ2) is 7.88. The minimum atomic E-state index is 0.0266. The molecule has 0 atom stereocenters. The van der Waals surface area contributed by atoms with Crippen molar-refractivity contribution < 1.29 is 4.79 Å². The van der Waals surface area contributed by atoms with Crippen molar-refractivity contribution in [2.45, 2.75) is 26.2 Å². The average molecular weight is 376 g/mol. The first-order chi connectivity index (χ1) is 13.6. The van der Waals surface area contributed by atoms with Crippen molar-refractivity contribution in [1.29, 1.82) is 0 Å². The van der Waals surface area contributed by atoms with E-state index in [0.717, 1.165) is 55.3 Å². The number of aromatic nitrogens is 5. The van der Waals surface area contributed by atoms with Crippen molar-refractivity contribution in [2.24, 2.45) is 13.0 Å². The molecule has 7 nitrogen and oxygen atoms in total. The fraction of sp³-hybridized carbons (Fsp3) is 0.381. The molecule has 3 aromatic heterocycles. The number of carbonyl (C=O) groups is 1. The lowest BCUT2D eigenvalue weighted by atomic mass is 9.92. The number of carbonyl (C=O) groups excluding carboxylic acids is 1. The Bertz CT molecular complexity index is 974. The Hall–Kier alpha value is -3.09. The van der Waals surface area contributed by atoms with E-state index >= 15 is 0 Å². The van der Waals surface area contributed by atoms with Gasteiger partial charge in [0.25, 0.3) is 5.91 Å². The van der Waals surface area contributed by atoms with Crippen molar-refractivity contribution in [3.8, 4) is 11.5 Å². The maximum absolute atomic E-state index is 12.7. The topological polar surface area (TPSA) is 76.8 Å². The smallest absolute Gasteiger partial charge is 0.272 e. The number of imidazole rings is 1. The highest BCUT2D eigenvalue weighted by molar-refractivity contribution is 5.92. The summed E-state index contributed by atoms with van der Waals surface area (Å²) in [5.41, 5.74) is 3.17. The zero-order valence-corrected chi connectivity index (χ0v) is 16.2. The molecular formula is C21H24N6O. The summed E-state index contributed by atoms with van der Waals surface area (Å²) >= 11 is 0. The van der Waals surface area contributed by atoms with Crippen molar-refractivity contribution >= 4 is 5.91 Å². The second-order valence-corrected chi connectivity index (χ2v) is 7.36. The summed E-state index contributed by atoms with van der Waals surface area (Å²) in [6.07, 6.45) is 10.1. The number of likely N-dealkylation sites (tertiary alicyclic amines) is 1. The number of piperidine rings is 1. The third kappa shape index (κ3) is 3.93. The van der Waals surface area contributed by atoms with E-state index in [1.807, 2.05) is 48.0 Å². The van der Waals surface area contributed by atoms with Crippen LogP contribution in [0.1, 0.15) is 34.7 Å². The third-order valence-electron chi connectivity index (χ3n) is 5.24. The molecule has 7 heteroatoms. The highest BCUT2D eigenvalue weighted by atomic mass is 16.2. The van der Waals surface area contributed by atoms with Crippen LogP contribution < -0.4 is 0 Å². The molecule has 0 N–H and O–H groups in total. The quantitative estimate of drug-likeness (QED) is 0.700. The van der Waals surface area contributed by atoms with Gasteiger partial charge in [0.2, 0.25) is 0 Å². The van der Waals surface area contributed by atoms with Crippen molar-refractivity contribution in [1.82, 2.24) is 29.4 Å². The molecule has 4 heterocycles. The first-order valence-electron chi connectivity index (χ1n) is 9.61. The predicted octanol–water partition coefficient (Wildman–Crippen LogP) is 2.68. The second-order valence-electron chi connectivity index (χ2n) is 7.36. The Morgan fingerprint density at radius 2 is 2.00 bits per heavy atom. The molecule has 1 saturated heterocycles. The van der Waals surface area contributed by atoms with Crippen LogP contribution in [-0.4, -0.2) is 48.4 Å². The van der Waals surface area contributed by atoms with Gasteiger partial charge >= 0.3 is 0 Å². The molecule has 1 amide bonds. The van der Waals surface area contributed by atoms with E-state index in [4.69, 9.17) is 4.98 Å². The number of amides is 1. The van der Waals surface area contributed by atoms with E-state index in [2.05, 4.69) is 15.0 Å². The Kier molecular flexibility index (Phi) is 5.14. The lowest BCUT2D eigenvalue weighted by Crippen LogP contribution is -2.39. The summed E-state index contributed by atoms with van der Waals surface area (Å²) < 4.78 is 1.94. The summed E-state index contributed by atoms with van der Waals surface area (Å²) in [6.45, 7) is 3.42. The number of pyridine rings is 1. The first-order valence-corrected chi connectivity index (χ1v) is 9.61. The summed E-state index contributed by atoms with van der Waals surface area (Å²) in [5.74, 6) is 1.35. The molecule has 0 aliphatic carbocycles. The van der Waals surface area contributed by atoms with E-state index in [0.29, 0.717) is 11.6 Å². The number of hydrogen-bond acceptors (Lipinski definition) is 5. The summed E-state index contributed by atoms with van der Waals surface area (Å²) in [7, 11) is 1.95. The summed E-state index contributed by atoms with van der Waals surface area (Å²) in [6, 6.07) is 5.58. The standard InChI is InChI=1S/C21H24N6O/c1-15-4-3-5-18(24-15)21(28)27-9-6-16(7-10-27)12-17-13-22-14-19(25-17)20-23-8-11-26(20)2/h3-5,8,11,13-14,16H,6-7,9-10,12H2,1-2H3. The zero-order chi connectivity index (χ0) is 19.5. The van der Waals surface area contributed by atoms with Gasteiger partial charge in [0.05, 0.1) is 11.9 Å². The molecule has 0 saturated carbocycles. The Labute approximate surface area is 164 Å². The Balaban J connectivity index is 1.37. The zero-order valence-electron chi connectivity index (χ0n) is 16.2. The fourth-order valence-corrected chi connectivity index (χ4v) is 3.68. The van der Waals surface area contributed by atoms with E-state index < -0.39 is 0 Å². The summed E-state index contributed by atoms with van der Waals surface area (Å²) in [4.78, 5) is 32.4. The van der Waals surface area contributed by atoms with Crippen LogP contribution in [0, 0.1) is 12.8 Å².